The largest absolute Gasteiger partial charge is 0.357 e. The molecule has 0 radical (unpaired) electrons. The molecule has 144 valence electrons. The van der Waals surface area contributed by atoms with E-state index in [-0.39, 0.29) is 12.5 Å². The van der Waals surface area contributed by atoms with Gasteiger partial charge in [-0.1, -0.05) is 6.07 Å². The van der Waals surface area contributed by atoms with Crippen molar-refractivity contribution in [1.82, 2.24) is 20.5 Å². The molecule has 0 aromatic carbocycles. The summed E-state index contributed by atoms with van der Waals surface area (Å²) in [5.74, 6) is 0.761. The van der Waals surface area contributed by atoms with Gasteiger partial charge in [0.2, 0.25) is 5.91 Å². The highest BCUT2D eigenvalue weighted by atomic mass is 32.2. The molecule has 6 nitrogen and oxygen atoms in total. The van der Waals surface area contributed by atoms with Crippen molar-refractivity contribution >= 4 is 23.6 Å². The Morgan fingerprint density at radius 3 is 2.92 bits per heavy atom. The highest BCUT2D eigenvalue weighted by Gasteiger charge is 2.24. The maximum Gasteiger partial charge on any atom is 0.244 e. The summed E-state index contributed by atoms with van der Waals surface area (Å²) >= 11 is 1.94. The number of hydrogen-bond donors (Lipinski definition) is 2. The average molecular weight is 378 g/mol. The molecule has 2 unspecified atom stereocenters. The third kappa shape index (κ3) is 6.86. The minimum absolute atomic E-state index is 0.0200. The number of rotatable bonds is 8. The first kappa shape index (κ1) is 20.6. The Morgan fingerprint density at radius 2 is 2.27 bits per heavy atom. The summed E-state index contributed by atoms with van der Waals surface area (Å²) in [6, 6.07) is 6.29. The van der Waals surface area contributed by atoms with E-state index in [4.69, 9.17) is 0 Å². The fraction of sp³-hybridized carbons (Fsp3) is 0.632. The first-order chi connectivity index (χ1) is 12.6. The number of aliphatic imine (C=N–C) groups is 1. The molecule has 1 fully saturated rings. The topological polar surface area (TPSA) is 69.6 Å². The molecule has 1 amide bonds. The molecule has 1 aliphatic carbocycles. The van der Waals surface area contributed by atoms with E-state index in [1.165, 1.54) is 6.42 Å². The quantitative estimate of drug-likeness (QED) is 0.535. The Balaban J connectivity index is 1.80. The monoisotopic (exact) mass is 377 g/mol. The Bertz CT molecular complexity index is 581. The van der Waals surface area contributed by atoms with Gasteiger partial charge in [-0.2, -0.15) is 11.8 Å². The highest BCUT2D eigenvalue weighted by molar-refractivity contribution is 7.99. The van der Waals surface area contributed by atoms with E-state index >= 15 is 0 Å². The van der Waals surface area contributed by atoms with Gasteiger partial charge in [-0.15, -0.1) is 0 Å². The fourth-order valence-electron chi connectivity index (χ4n) is 3.02. The van der Waals surface area contributed by atoms with Gasteiger partial charge in [0.25, 0.3) is 0 Å². The number of amides is 1. The summed E-state index contributed by atoms with van der Waals surface area (Å²) < 4.78 is 0. The maximum atomic E-state index is 12.3. The summed E-state index contributed by atoms with van der Waals surface area (Å²) in [7, 11) is 1.82. The maximum absolute atomic E-state index is 12.3. The van der Waals surface area contributed by atoms with Crippen LogP contribution in [0.4, 0.5) is 0 Å². The lowest BCUT2D eigenvalue weighted by molar-refractivity contribution is -0.128. The van der Waals surface area contributed by atoms with Crippen LogP contribution in [0.3, 0.4) is 0 Å². The molecule has 7 heteroatoms. The van der Waals surface area contributed by atoms with Gasteiger partial charge in [0, 0.05) is 49.7 Å². The standard InChI is InChI=1S/C19H31N5OS/c1-4-20-19(23-16-8-9-17(13-16)26-3)22-14-18(25)24(2)12-10-15-7-5-6-11-21-15/h5-7,11,16-17H,4,8-10,12-14H2,1-3H3,(H2,20,22,23). The van der Waals surface area contributed by atoms with Crippen LogP contribution in [0.1, 0.15) is 31.9 Å². The molecule has 2 atom stereocenters. The van der Waals surface area contributed by atoms with Crippen molar-refractivity contribution in [3.63, 3.8) is 0 Å². The summed E-state index contributed by atoms with van der Waals surface area (Å²) in [6.07, 6.45) is 8.26. The second-order valence-electron chi connectivity index (χ2n) is 6.59. The van der Waals surface area contributed by atoms with E-state index < -0.39 is 0 Å². The molecule has 0 saturated heterocycles. The van der Waals surface area contributed by atoms with Gasteiger partial charge < -0.3 is 15.5 Å². The number of nitrogens with zero attached hydrogens (tertiary/aromatic N) is 3. The van der Waals surface area contributed by atoms with Crippen molar-refractivity contribution in [2.75, 3.05) is 32.9 Å². The number of carbonyl (C=O) groups excluding carboxylic acids is 1. The SMILES string of the molecule is CCNC(=NCC(=O)N(C)CCc1ccccn1)NC1CCC(SC)C1. The van der Waals surface area contributed by atoms with Crippen molar-refractivity contribution in [2.24, 2.45) is 4.99 Å². The van der Waals surface area contributed by atoms with Crippen molar-refractivity contribution < 1.29 is 4.79 Å². The van der Waals surface area contributed by atoms with Crippen molar-refractivity contribution in [3.05, 3.63) is 30.1 Å². The Hall–Kier alpha value is -1.76. The van der Waals surface area contributed by atoms with Crippen LogP contribution in [0, 0.1) is 0 Å². The lowest BCUT2D eigenvalue weighted by Crippen LogP contribution is -2.43. The zero-order chi connectivity index (χ0) is 18.8. The Kier molecular flexibility index (Phi) is 8.74. The first-order valence-corrected chi connectivity index (χ1v) is 10.6. The van der Waals surface area contributed by atoms with Crippen LogP contribution in [0.2, 0.25) is 0 Å². The Labute approximate surface area is 161 Å². The summed E-state index contributed by atoms with van der Waals surface area (Å²) in [6.45, 7) is 3.63. The molecule has 2 rings (SSSR count). The normalized spacial score (nSPS) is 20.0. The lowest BCUT2D eigenvalue weighted by Gasteiger charge is -2.19. The minimum atomic E-state index is 0.0200. The van der Waals surface area contributed by atoms with Crippen molar-refractivity contribution in [2.45, 2.75) is 43.9 Å². The van der Waals surface area contributed by atoms with Crippen LogP contribution in [0.25, 0.3) is 0 Å². The van der Waals surface area contributed by atoms with E-state index in [1.54, 1.807) is 11.1 Å². The van der Waals surface area contributed by atoms with Gasteiger partial charge in [0.15, 0.2) is 5.96 Å². The summed E-state index contributed by atoms with van der Waals surface area (Å²) in [5, 5.41) is 7.46. The van der Waals surface area contributed by atoms with E-state index in [9.17, 15) is 4.79 Å². The average Bonchev–Trinajstić information content (AvgIpc) is 3.12. The molecular formula is C19H31N5OS. The number of thioether (sulfide) groups is 1. The van der Waals surface area contributed by atoms with E-state index in [2.05, 4.69) is 26.9 Å². The van der Waals surface area contributed by atoms with Crippen molar-refractivity contribution in [1.29, 1.82) is 0 Å². The molecule has 1 aromatic heterocycles. The predicted octanol–water partition coefficient (Wildman–Crippen LogP) is 1.92. The molecule has 26 heavy (non-hydrogen) atoms. The van der Waals surface area contributed by atoms with Gasteiger partial charge >= 0.3 is 0 Å². The van der Waals surface area contributed by atoms with Crippen LogP contribution in [-0.2, 0) is 11.2 Å². The molecule has 1 heterocycles. The van der Waals surface area contributed by atoms with Gasteiger partial charge in [-0.05, 0) is 44.6 Å². The van der Waals surface area contributed by atoms with Gasteiger partial charge in [0.1, 0.15) is 6.54 Å². The first-order valence-electron chi connectivity index (χ1n) is 9.33. The fourth-order valence-corrected chi connectivity index (χ4v) is 3.82. The summed E-state index contributed by atoms with van der Waals surface area (Å²) in [4.78, 5) is 22.8. The predicted molar refractivity (Wildman–Crippen MR) is 110 cm³/mol. The minimum Gasteiger partial charge on any atom is -0.357 e. The third-order valence-corrected chi connectivity index (χ3v) is 5.73. The lowest BCUT2D eigenvalue weighted by atomic mass is 10.2. The Morgan fingerprint density at radius 1 is 1.42 bits per heavy atom. The molecule has 1 aliphatic rings. The highest BCUT2D eigenvalue weighted by Crippen LogP contribution is 2.27. The van der Waals surface area contributed by atoms with E-state index in [0.717, 1.165) is 42.7 Å². The number of pyridine rings is 1. The molecule has 1 aromatic rings. The third-order valence-electron chi connectivity index (χ3n) is 4.63. The molecular weight excluding hydrogens is 346 g/mol. The second-order valence-corrected chi connectivity index (χ2v) is 7.73. The molecule has 1 saturated carbocycles. The summed E-state index contributed by atoms with van der Waals surface area (Å²) in [5.41, 5.74) is 0.996. The van der Waals surface area contributed by atoms with Gasteiger partial charge in [0.05, 0.1) is 0 Å². The number of likely N-dealkylation sites (N-methyl/N-ethyl adjacent to an activating group) is 1. The zero-order valence-corrected chi connectivity index (χ0v) is 16.9. The number of hydrogen-bond acceptors (Lipinski definition) is 4. The van der Waals surface area contributed by atoms with E-state index in [0.29, 0.717) is 12.6 Å². The zero-order valence-electron chi connectivity index (χ0n) is 16.1. The van der Waals surface area contributed by atoms with Gasteiger partial charge in [-0.3, -0.25) is 9.78 Å². The molecule has 2 N–H and O–H groups in total. The van der Waals surface area contributed by atoms with Crippen LogP contribution >= 0.6 is 11.8 Å². The number of nitrogens with one attached hydrogen (secondary N) is 2. The smallest absolute Gasteiger partial charge is 0.244 e. The molecule has 0 bridgehead atoms. The number of guanidine groups is 1. The van der Waals surface area contributed by atoms with Crippen LogP contribution in [0.15, 0.2) is 29.4 Å². The van der Waals surface area contributed by atoms with Gasteiger partial charge in [-0.25, -0.2) is 4.99 Å². The molecule has 0 spiro atoms. The van der Waals surface area contributed by atoms with E-state index in [1.807, 2.05) is 43.9 Å². The van der Waals surface area contributed by atoms with Crippen molar-refractivity contribution in [3.8, 4) is 0 Å². The van der Waals surface area contributed by atoms with Crippen LogP contribution < -0.4 is 10.6 Å². The van der Waals surface area contributed by atoms with Crippen LogP contribution in [-0.4, -0.2) is 66.0 Å². The number of aromatic nitrogens is 1. The van der Waals surface area contributed by atoms with Crippen LogP contribution in [0.5, 0.6) is 0 Å². The number of carbonyl (C=O) groups is 1. The second kappa shape index (κ2) is 11.1. The molecule has 0 aliphatic heterocycles.